The molecule has 3 aromatic rings. The number of hydrogen-bond donors (Lipinski definition) is 1. The molecule has 1 aliphatic heterocycles. The standard InChI is InChI=1S/C25H24ClF2N3O3S/c1-15-18(23(32)11-6-16-4-7-17(8-5-16)35(29,33)34)13-30-22-3-2-12-31(25(15)22)14-19-20(27)9-10-21(28)24(19)26/h4-5,7-10,13H,2-3,6,11-12,14H2,1H3,(H2,29,33,34). The van der Waals surface area contributed by atoms with Crippen molar-refractivity contribution in [3.8, 4) is 0 Å². The van der Waals surface area contributed by atoms with Gasteiger partial charge in [-0.2, -0.15) is 0 Å². The zero-order chi connectivity index (χ0) is 25.3. The van der Waals surface area contributed by atoms with Crippen molar-refractivity contribution in [2.75, 3.05) is 11.4 Å². The van der Waals surface area contributed by atoms with Crippen molar-refractivity contribution in [1.82, 2.24) is 4.98 Å². The number of sulfonamides is 1. The van der Waals surface area contributed by atoms with E-state index in [4.69, 9.17) is 16.7 Å². The summed E-state index contributed by atoms with van der Waals surface area (Å²) < 4.78 is 51.2. The lowest BCUT2D eigenvalue weighted by Gasteiger charge is -2.33. The van der Waals surface area contributed by atoms with Gasteiger partial charge in [0.1, 0.15) is 11.6 Å². The van der Waals surface area contributed by atoms with Crippen molar-refractivity contribution in [1.29, 1.82) is 0 Å². The fourth-order valence-electron chi connectivity index (χ4n) is 4.38. The average Bonchev–Trinajstić information content (AvgIpc) is 2.82. The predicted molar refractivity (Wildman–Crippen MR) is 130 cm³/mol. The number of pyridine rings is 1. The molecule has 6 nitrogen and oxygen atoms in total. The molecule has 2 N–H and O–H groups in total. The van der Waals surface area contributed by atoms with Crippen molar-refractivity contribution >= 4 is 33.1 Å². The molecule has 184 valence electrons. The van der Waals surface area contributed by atoms with Crippen LogP contribution in [-0.2, 0) is 29.4 Å². The summed E-state index contributed by atoms with van der Waals surface area (Å²) in [7, 11) is -3.78. The third-order valence-corrected chi connectivity index (χ3v) is 7.56. The van der Waals surface area contributed by atoms with Crippen LogP contribution in [0.1, 0.15) is 45.6 Å². The Hall–Kier alpha value is -2.88. The van der Waals surface area contributed by atoms with E-state index in [1.54, 1.807) is 18.3 Å². The van der Waals surface area contributed by atoms with Gasteiger partial charge in [-0.25, -0.2) is 22.3 Å². The smallest absolute Gasteiger partial charge is 0.238 e. The Morgan fingerprint density at radius 1 is 1.14 bits per heavy atom. The summed E-state index contributed by atoms with van der Waals surface area (Å²) in [6.45, 7) is 2.48. The fraction of sp³-hybridized carbons (Fsp3) is 0.280. The summed E-state index contributed by atoms with van der Waals surface area (Å²) in [6.07, 6.45) is 3.68. The van der Waals surface area contributed by atoms with Crippen LogP contribution in [-0.4, -0.2) is 25.7 Å². The largest absolute Gasteiger partial charge is 0.365 e. The number of primary sulfonamides is 1. The normalized spacial score (nSPS) is 13.6. The number of aryl methyl sites for hydroxylation is 2. The molecule has 0 saturated carbocycles. The first-order chi connectivity index (χ1) is 16.6. The summed E-state index contributed by atoms with van der Waals surface area (Å²) >= 11 is 6.05. The SMILES string of the molecule is Cc1c(C(=O)CCc2ccc(S(N)(=O)=O)cc2)cnc2c1N(Cc1c(F)ccc(F)c1Cl)CCC2. The number of nitrogens with zero attached hydrogens (tertiary/aromatic N) is 2. The Morgan fingerprint density at radius 2 is 1.83 bits per heavy atom. The maximum atomic E-state index is 14.4. The highest BCUT2D eigenvalue weighted by atomic mass is 35.5. The number of ketones is 1. The van der Waals surface area contributed by atoms with Crippen molar-refractivity contribution in [3.05, 3.63) is 87.2 Å². The lowest BCUT2D eigenvalue weighted by atomic mass is 9.95. The van der Waals surface area contributed by atoms with Crippen molar-refractivity contribution in [2.24, 2.45) is 5.14 Å². The minimum absolute atomic E-state index is 0.0113. The van der Waals surface area contributed by atoms with Gasteiger partial charge in [0, 0.05) is 36.8 Å². The number of Topliss-reactive ketones (excluding diaryl/α,β-unsaturated/α-hetero) is 1. The van der Waals surface area contributed by atoms with E-state index in [1.807, 2.05) is 11.8 Å². The number of hydrogen-bond acceptors (Lipinski definition) is 5. The Morgan fingerprint density at radius 3 is 2.51 bits per heavy atom. The minimum Gasteiger partial charge on any atom is -0.365 e. The highest BCUT2D eigenvalue weighted by Gasteiger charge is 2.26. The van der Waals surface area contributed by atoms with Crippen LogP contribution in [0.5, 0.6) is 0 Å². The van der Waals surface area contributed by atoms with E-state index in [0.29, 0.717) is 18.5 Å². The summed E-state index contributed by atoms with van der Waals surface area (Å²) in [5.41, 5.74) is 3.61. The zero-order valence-electron chi connectivity index (χ0n) is 19.0. The van der Waals surface area contributed by atoms with Crippen molar-refractivity contribution < 1.29 is 22.0 Å². The minimum atomic E-state index is -3.78. The number of benzene rings is 2. The van der Waals surface area contributed by atoms with Gasteiger partial charge < -0.3 is 4.90 Å². The van der Waals surface area contributed by atoms with E-state index in [9.17, 15) is 22.0 Å². The van der Waals surface area contributed by atoms with Crippen molar-refractivity contribution in [3.63, 3.8) is 0 Å². The third kappa shape index (κ3) is 5.37. The molecule has 0 fully saturated rings. The first-order valence-corrected chi connectivity index (χ1v) is 13.0. The van der Waals surface area contributed by atoms with Gasteiger partial charge in [0.05, 0.1) is 21.3 Å². The molecule has 35 heavy (non-hydrogen) atoms. The molecule has 2 heterocycles. The fourth-order valence-corrected chi connectivity index (χ4v) is 5.11. The molecule has 4 rings (SSSR count). The van der Waals surface area contributed by atoms with Crippen LogP contribution in [0.2, 0.25) is 5.02 Å². The lowest BCUT2D eigenvalue weighted by molar-refractivity contribution is 0.0982. The Bertz CT molecular complexity index is 1400. The number of anilines is 1. The molecule has 0 unspecified atom stereocenters. The molecule has 0 saturated heterocycles. The van der Waals surface area contributed by atoms with Crippen LogP contribution in [0.15, 0.2) is 47.5 Å². The summed E-state index contributed by atoms with van der Waals surface area (Å²) in [5, 5.41) is 4.87. The molecular weight excluding hydrogens is 496 g/mol. The first-order valence-electron chi connectivity index (χ1n) is 11.1. The molecule has 10 heteroatoms. The van der Waals surface area contributed by atoms with Gasteiger partial charge in [-0.15, -0.1) is 0 Å². The van der Waals surface area contributed by atoms with Crippen LogP contribution < -0.4 is 10.0 Å². The molecule has 0 atom stereocenters. The molecule has 0 spiro atoms. The number of carbonyl (C=O) groups excluding carboxylic acids is 1. The number of carbonyl (C=O) groups is 1. The van der Waals surface area contributed by atoms with Gasteiger partial charge >= 0.3 is 0 Å². The van der Waals surface area contributed by atoms with E-state index >= 15 is 0 Å². The van der Waals surface area contributed by atoms with E-state index in [1.165, 1.54) is 12.1 Å². The highest BCUT2D eigenvalue weighted by molar-refractivity contribution is 7.89. The number of aromatic nitrogens is 1. The van der Waals surface area contributed by atoms with E-state index < -0.39 is 21.7 Å². The maximum absolute atomic E-state index is 14.4. The number of nitrogens with two attached hydrogens (primary N) is 1. The van der Waals surface area contributed by atoms with Crippen LogP contribution in [0.3, 0.4) is 0 Å². The van der Waals surface area contributed by atoms with Gasteiger partial charge in [-0.1, -0.05) is 23.7 Å². The van der Waals surface area contributed by atoms with Crippen LogP contribution in [0.25, 0.3) is 0 Å². The van der Waals surface area contributed by atoms with Gasteiger partial charge in [0.15, 0.2) is 5.78 Å². The van der Waals surface area contributed by atoms with E-state index in [2.05, 4.69) is 4.98 Å². The molecule has 1 aliphatic rings. The number of halogens is 3. The molecule has 0 radical (unpaired) electrons. The van der Waals surface area contributed by atoms with Gasteiger partial charge in [-0.3, -0.25) is 9.78 Å². The Labute approximate surface area is 207 Å². The monoisotopic (exact) mass is 519 g/mol. The third-order valence-electron chi connectivity index (χ3n) is 6.22. The van der Waals surface area contributed by atoms with E-state index in [0.717, 1.165) is 47.5 Å². The first kappa shape index (κ1) is 25.2. The van der Waals surface area contributed by atoms with E-state index in [-0.39, 0.29) is 34.2 Å². The van der Waals surface area contributed by atoms with Crippen LogP contribution >= 0.6 is 11.6 Å². The second kappa shape index (κ2) is 10.0. The number of rotatable bonds is 7. The number of fused-ring (bicyclic) bond motifs is 1. The molecule has 0 bridgehead atoms. The van der Waals surface area contributed by atoms with Crippen LogP contribution in [0.4, 0.5) is 14.5 Å². The second-order valence-corrected chi connectivity index (χ2v) is 10.5. The molecule has 0 aliphatic carbocycles. The van der Waals surface area contributed by atoms with Gasteiger partial charge in [-0.05, 0) is 61.6 Å². The highest BCUT2D eigenvalue weighted by Crippen LogP contribution is 2.34. The molecular formula is C25H24ClF2N3O3S. The molecule has 0 amide bonds. The summed E-state index contributed by atoms with van der Waals surface area (Å²) in [5.74, 6) is -1.39. The van der Waals surface area contributed by atoms with Gasteiger partial charge in [0.2, 0.25) is 10.0 Å². The Kier molecular flexibility index (Phi) is 7.21. The van der Waals surface area contributed by atoms with Gasteiger partial charge in [0.25, 0.3) is 0 Å². The summed E-state index contributed by atoms with van der Waals surface area (Å²) in [6, 6.07) is 8.14. The topological polar surface area (TPSA) is 93.4 Å². The maximum Gasteiger partial charge on any atom is 0.238 e. The Balaban J connectivity index is 1.56. The summed E-state index contributed by atoms with van der Waals surface area (Å²) in [4.78, 5) is 19.5. The quantitative estimate of drug-likeness (QED) is 0.359. The molecule has 2 aromatic carbocycles. The van der Waals surface area contributed by atoms with Crippen LogP contribution in [0, 0.1) is 18.6 Å². The zero-order valence-corrected chi connectivity index (χ0v) is 20.6. The molecule has 1 aromatic heterocycles. The van der Waals surface area contributed by atoms with Crippen molar-refractivity contribution in [2.45, 2.75) is 44.0 Å². The predicted octanol–water partition coefficient (Wildman–Crippen LogP) is 4.74. The average molecular weight is 520 g/mol. The lowest BCUT2D eigenvalue weighted by Crippen LogP contribution is -2.31. The second-order valence-electron chi connectivity index (χ2n) is 8.55.